The molecule has 72 valence electrons. The maximum Gasteiger partial charge on any atom is 0.433 e. The summed E-state index contributed by atoms with van der Waals surface area (Å²) in [6.07, 6.45) is -4.39. The van der Waals surface area contributed by atoms with Crippen molar-refractivity contribution in [2.24, 2.45) is 0 Å². The first-order chi connectivity index (χ1) is 5.93. The molecule has 0 saturated carbocycles. The second-order valence-corrected chi connectivity index (χ2v) is 3.77. The topological polar surface area (TPSA) is 12.9 Å². The molecule has 6 heteroatoms. The van der Waals surface area contributed by atoms with E-state index in [9.17, 15) is 13.2 Å². The van der Waals surface area contributed by atoms with Gasteiger partial charge in [-0.05, 0) is 12.1 Å². The minimum atomic E-state index is -4.39. The summed E-state index contributed by atoms with van der Waals surface area (Å²) in [7, 11) is 0. The SMILES string of the molecule is FC(F)(F)c1cc(Br)cc(CBr)n1. The molecule has 1 nitrogen and oxygen atoms in total. The van der Waals surface area contributed by atoms with E-state index in [4.69, 9.17) is 0 Å². The largest absolute Gasteiger partial charge is 0.433 e. The Kier molecular flexibility index (Phi) is 3.34. The molecule has 0 fully saturated rings. The van der Waals surface area contributed by atoms with Crippen LogP contribution in [0, 0.1) is 0 Å². The van der Waals surface area contributed by atoms with Gasteiger partial charge >= 0.3 is 6.18 Å². The Hall–Kier alpha value is -0.100. The number of pyridine rings is 1. The van der Waals surface area contributed by atoms with Crippen molar-refractivity contribution in [1.82, 2.24) is 4.98 Å². The van der Waals surface area contributed by atoms with Crippen molar-refractivity contribution < 1.29 is 13.2 Å². The summed E-state index contributed by atoms with van der Waals surface area (Å²) in [4.78, 5) is 3.42. The van der Waals surface area contributed by atoms with Gasteiger partial charge in [-0.2, -0.15) is 13.2 Å². The first-order valence-corrected chi connectivity index (χ1v) is 5.14. The second kappa shape index (κ2) is 3.96. The molecule has 0 unspecified atom stereocenters. The minimum absolute atomic E-state index is 0.301. The number of aromatic nitrogens is 1. The number of nitrogens with zero attached hydrogens (tertiary/aromatic N) is 1. The highest BCUT2D eigenvalue weighted by molar-refractivity contribution is 9.10. The molecular weight excluding hydrogens is 315 g/mol. The summed E-state index contributed by atoms with van der Waals surface area (Å²) in [5.41, 5.74) is -0.530. The van der Waals surface area contributed by atoms with Gasteiger partial charge in [0, 0.05) is 9.80 Å². The molecule has 0 aliphatic carbocycles. The van der Waals surface area contributed by atoms with E-state index < -0.39 is 11.9 Å². The van der Waals surface area contributed by atoms with Gasteiger partial charge in [-0.15, -0.1) is 0 Å². The third-order valence-corrected chi connectivity index (χ3v) is 2.30. The highest BCUT2D eigenvalue weighted by Gasteiger charge is 2.32. The highest BCUT2D eigenvalue weighted by atomic mass is 79.9. The van der Waals surface area contributed by atoms with Crippen molar-refractivity contribution >= 4 is 31.9 Å². The molecule has 1 aromatic heterocycles. The third-order valence-electron chi connectivity index (χ3n) is 1.27. The van der Waals surface area contributed by atoms with Crippen molar-refractivity contribution in [3.8, 4) is 0 Å². The maximum atomic E-state index is 12.2. The van der Waals surface area contributed by atoms with E-state index >= 15 is 0 Å². The molecule has 1 rings (SSSR count). The zero-order valence-electron chi connectivity index (χ0n) is 6.20. The molecular formula is C7H4Br2F3N. The van der Waals surface area contributed by atoms with Gasteiger partial charge in [-0.1, -0.05) is 31.9 Å². The van der Waals surface area contributed by atoms with Crippen LogP contribution >= 0.6 is 31.9 Å². The van der Waals surface area contributed by atoms with E-state index in [-0.39, 0.29) is 0 Å². The van der Waals surface area contributed by atoms with Crippen molar-refractivity contribution in [2.45, 2.75) is 11.5 Å². The lowest BCUT2D eigenvalue weighted by Gasteiger charge is -2.07. The van der Waals surface area contributed by atoms with E-state index in [1.807, 2.05) is 0 Å². The minimum Gasteiger partial charge on any atom is -0.247 e. The summed E-state index contributed by atoms with van der Waals surface area (Å²) in [5, 5.41) is 0.301. The average Bonchev–Trinajstić information content (AvgIpc) is 2.01. The summed E-state index contributed by atoms with van der Waals surface area (Å²) < 4.78 is 36.9. The number of alkyl halides is 4. The zero-order chi connectivity index (χ0) is 10.1. The molecule has 0 aliphatic rings. The van der Waals surface area contributed by atoms with Crippen molar-refractivity contribution in [1.29, 1.82) is 0 Å². The average molecular weight is 319 g/mol. The predicted octanol–water partition coefficient (Wildman–Crippen LogP) is 3.76. The molecule has 0 amide bonds. The Bertz CT molecular complexity index is 311. The van der Waals surface area contributed by atoms with Crippen molar-refractivity contribution in [3.05, 3.63) is 28.0 Å². The number of hydrogen-bond donors (Lipinski definition) is 0. The molecule has 0 aliphatic heterocycles. The van der Waals surface area contributed by atoms with Crippen LogP contribution in [0.3, 0.4) is 0 Å². The lowest BCUT2D eigenvalue weighted by Crippen LogP contribution is -2.09. The molecule has 0 bridgehead atoms. The van der Waals surface area contributed by atoms with E-state index in [1.165, 1.54) is 6.07 Å². The van der Waals surface area contributed by atoms with Crippen LogP contribution in [0.15, 0.2) is 16.6 Å². The monoisotopic (exact) mass is 317 g/mol. The Morgan fingerprint density at radius 2 is 1.92 bits per heavy atom. The first kappa shape index (κ1) is 11.0. The molecule has 0 aromatic carbocycles. The van der Waals surface area contributed by atoms with Crippen molar-refractivity contribution in [3.63, 3.8) is 0 Å². The third kappa shape index (κ3) is 2.95. The molecule has 0 saturated heterocycles. The molecule has 13 heavy (non-hydrogen) atoms. The van der Waals surface area contributed by atoms with Gasteiger partial charge in [0.15, 0.2) is 0 Å². The number of rotatable bonds is 1. The van der Waals surface area contributed by atoms with Gasteiger partial charge in [-0.25, -0.2) is 4.98 Å². The normalized spacial score (nSPS) is 11.8. The number of hydrogen-bond acceptors (Lipinski definition) is 1. The van der Waals surface area contributed by atoms with Crippen LogP contribution in [-0.2, 0) is 11.5 Å². The molecule has 0 N–H and O–H groups in total. The predicted molar refractivity (Wildman–Crippen MR) is 49.6 cm³/mol. The lowest BCUT2D eigenvalue weighted by molar-refractivity contribution is -0.141. The number of halogens is 5. The Morgan fingerprint density at radius 1 is 1.31 bits per heavy atom. The maximum absolute atomic E-state index is 12.2. The Morgan fingerprint density at radius 3 is 2.38 bits per heavy atom. The summed E-state index contributed by atoms with van der Waals surface area (Å²) >= 11 is 6.03. The molecule has 1 heterocycles. The molecule has 0 atom stereocenters. The van der Waals surface area contributed by atoms with Gasteiger partial charge in [0.25, 0.3) is 0 Å². The van der Waals surface area contributed by atoms with Gasteiger partial charge < -0.3 is 0 Å². The van der Waals surface area contributed by atoms with E-state index in [1.54, 1.807) is 0 Å². The molecule has 0 spiro atoms. The molecule has 0 radical (unpaired) electrons. The smallest absolute Gasteiger partial charge is 0.247 e. The second-order valence-electron chi connectivity index (χ2n) is 2.29. The van der Waals surface area contributed by atoms with Crippen LogP contribution in [0.4, 0.5) is 13.2 Å². The van der Waals surface area contributed by atoms with E-state index in [0.29, 0.717) is 15.5 Å². The molecule has 1 aromatic rings. The standard InChI is InChI=1S/C7H4Br2F3N/c8-3-5-1-4(9)2-6(13-5)7(10,11)12/h1-2H,3H2. The fourth-order valence-corrected chi connectivity index (χ4v) is 1.53. The highest BCUT2D eigenvalue weighted by Crippen LogP contribution is 2.30. The Labute approximate surface area is 89.6 Å². The van der Waals surface area contributed by atoms with Gasteiger partial charge in [0.1, 0.15) is 5.69 Å². The quantitative estimate of drug-likeness (QED) is 0.719. The van der Waals surface area contributed by atoms with Crippen LogP contribution in [0.25, 0.3) is 0 Å². The summed E-state index contributed by atoms with van der Waals surface area (Å²) in [6, 6.07) is 2.48. The fraction of sp³-hybridized carbons (Fsp3) is 0.286. The summed E-state index contributed by atoms with van der Waals surface area (Å²) in [5.74, 6) is 0. The van der Waals surface area contributed by atoms with E-state index in [2.05, 4.69) is 36.8 Å². The van der Waals surface area contributed by atoms with Gasteiger partial charge in [0.2, 0.25) is 0 Å². The summed E-state index contributed by atoms with van der Waals surface area (Å²) in [6.45, 7) is 0. The van der Waals surface area contributed by atoms with Crippen LogP contribution in [-0.4, -0.2) is 4.98 Å². The van der Waals surface area contributed by atoms with Crippen LogP contribution in [0.1, 0.15) is 11.4 Å². The van der Waals surface area contributed by atoms with Crippen LogP contribution in [0.5, 0.6) is 0 Å². The van der Waals surface area contributed by atoms with Crippen molar-refractivity contribution in [2.75, 3.05) is 0 Å². The van der Waals surface area contributed by atoms with Gasteiger partial charge in [0.05, 0.1) is 5.69 Å². The van der Waals surface area contributed by atoms with E-state index in [0.717, 1.165) is 6.07 Å². The Balaban J connectivity index is 3.16. The van der Waals surface area contributed by atoms with Crippen LogP contribution in [0.2, 0.25) is 0 Å². The van der Waals surface area contributed by atoms with Gasteiger partial charge in [-0.3, -0.25) is 0 Å². The lowest BCUT2D eigenvalue weighted by atomic mass is 10.3. The first-order valence-electron chi connectivity index (χ1n) is 3.23. The fourth-order valence-electron chi connectivity index (χ4n) is 0.764. The van der Waals surface area contributed by atoms with Crippen LogP contribution < -0.4 is 0 Å². The zero-order valence-corrected chi connectivity index (χ0v) is 9.37.